The second-order valence-corrected chi connectivity index (χ2v) is 11.5. The van der Waals surface area contributed by atoms with Gasteiger partial charge in [-0.25, -0.2) is 13.2 Å². The second-order valence-electron chi connectivity index (χ2n) is 9.56. The average Bonchev–Trinajstić information content (AvgIpc) is 3.24. The van der Waals surface area contributed by atoms with Crippen LogP contribution in [0.15, 0.2) is 76.5 Å². The molecule has 3 aromatic rings. The van der Waals surface area contributed by atoms with Crippen molar-refractivity contribution >= 4 is 15.9 Å². The summed E-state index contributed by atoms with van der Waals surface area (Å²) in [5, 5.41) is 9.32. The van der Waals surface area contributed by atoms with E-state index in [4.69, 9.17) is 14.2 Å². The van der Waals surface area contributed by atoms with Gasteiger partial charge in [0.1, 0.15) is 30.0 Å². The van der Waals surface area contributed by atoms with Crippen molar-refractivity contribution in [2.24, 2.45) is 0 Å². The molecule has 0 aliphatic carbocycles. The maximum Gasteiger partial charge on any atom is 0.407 e. The number of hydrogen-bond donors (Lipinski definition) is 1. The van der Waals surface area contributed by atoms with E-state index in [-0.39, 0.29) is 41.1 Å². The summed E-state index contributed by atoms with van der Waals surface area (Å²) >= 11 is 0. The van der Waals surface area contributed by atoms with Crippen LogP contribution in [-0.2, 0) is 16.4 Å². The highest BCUT2D eigenvalue weighted by atomic mass is 32.2. The molecule has 0 spiro atoms. The normalized spacial score (nSPS) is 18.6. The average molecular weight is 524 g/mol. The van der Waals surface area contributed by atoms with Gasteiger partial charge in [0.2, 0.25) is 9.84 Å². The molecule has 194 valence electrons. The van der Waals surface area contributed by atoms with E-state index in [1.54, 1.807) is 18.2 Å². The van der Waals surface area contributed by atoms with Gasteiger partial charge in [-0.05, 0) is 50.1 Å². The molecule has 8 nitrogen and oxygen atoms in total. The maximum absolute atomic E-state index is 13.7. The fourth-order valence-electron chi connectivity index (χ4n) is 4.82. The highest BCUT2D eigenvalue weighted by molar-refractivity contribution is 7.91. The summed E-state index contributed by atoms with van der Waals surface area (Å²) < 4.78 is 45.2. The molecule has 0 radical (unpaired) electrons. The Kier molecular flexibility index (Phi) is 6.72. The minimum atomic E-state index is -3.93. The predicted molar refractivity (Wildman–Crippen MR) is 136 cm³/mol. The summed E-state index contributed by atoms with van der Waals surface area (Å²) in [6.45, 7) is 4.71. The lowest BCUT2D eigenvalue weighted by Gasteiger charge is -2.32. The van der Waals surface area contributed by atoms with Crippen molar-refractivity contribution in [2.45, 2.75) is 54.8 Å². The Morgan fingerprint density at radius 2 is 1.81 bits per heavy atom. The molecular weight excluding hydrogens is 494 g/mol. The Hall–Kier alpha value is -3.72. The molecule has 2 unspecified atom stereocenters. The van der Waals surface area contributed by atoms with Crippen LogP contribution < -0.4 is 14.2 Å². The first-order chi connectivity index (χ1) is 17.7. The number of carboxylic acid groups (broad SMARTS) is 1. The van der Waals surface area contributed by atoms with Crippen LogP contribution in [0.5, 0.6) is 17.2 Å². The first kappa shape index (κ1) is 25.0. The molecule has 2 aliphatic rings. The third kappa shape index (κ3) is 5.22. The zero-order valence-electron chi connectivity index (χ0n) is 20.7. The molecule has 2 atom stereocenters. The van der Waals surface area contributed by atoms with Gasteiger partial charge in [-0.15, -0.1) is 0 Å². The number of amides is 1. The standard InChI is InChI=1S/C28H29NO7S/c1-18(2)35-21-12-20(34-17-19-6-4-3-5-7-19)13-23(14-21)37(32,33)22-8-9-24-25-10-11-29(28(30)31)16-27(25)36-26(24)15-22/h3-9,12-15,18,25,27H,10-11,16-17H2,1-2H3,(H,30,31). The number of rotatable bonds is 7. The van der Waals surface area contributed by atoms with Gasteiger partial charge < -0.3 is 24.2 Å². The van der Waals surface area contributed by atoms with Gasteiger partial charge in [0.25, 0.3) is 0 Å². The summed E-state index contributed by atoms with van der Waals surface area (Å²) in [4.78, 5) is 12.9. The number of ether oxygens (including phenoxy) is 3. The van der Waals surface area contributed by atoms with E-state index in [0.29, 0.717) is 30.2 Å². The molecule has 0 aromatic heterocycles. The van der Waals surface area contributed by atoms with Crippen LogP contribution >= 0.6 is 0 Å². The Balaban J connectivity index is 1.43. The van der Waals surface area contributed by atoms with E-state index in [2.05, 4.69) is 0 Å². The van der Waals surface area contributed by atoms with E-state index in [0.717, 1.165) is 11.1 Å². The minimum absolute atomic E-state index is 0.0445. The maximum atomic E-state index is 13.7. The molecule has 3 aromatic carbocycles. The zero-order valence-corrected chi connectivity index (χ0v) is 21.5. The highest BCUT2D eigenvalue weighted by Gasteiger charge is 2.40. The number of piperidine rings is 1. The van der Waals surface area contributed by atoms with Gasteiger partial charge in [0.05, 0.1) is 22.4 Å². The molecule has 1 amide bonds. The number of nitrogens with zero attached hydrogens (tertiary/aromatic N) is 1. The summed E-state index contributed by atoms with van der Waals surface area (Å²) in [5.41, 5.74) is 1.87. The third-order valence-corrected chi connectivity index (χ3v) is 8.32. The first-order valence-electron chi connectivity index (χ1n) is 12.2. The summed E-state index contributed by atoms with van der Waals surface area (Å²) in [7, 11) is -3.93. The summed E-state index contributed by atoms with van der Waals surface area (Å²) in [5.74, 6) is 1.32. The highest BCUT2D eigenvalue weighted by Crippen LogP contribution is 2.44. The SMILES string of the molecule is CC(C)Oc1cc(OCc2ccccc2)cc(S(=O)(=O)c2ccc3c(c2)OC2CN(C(=O)O)CCC32)c1. The van der Waals surface area contributed by atoms with E-state index < -0.39 is 15.9 Å². The quantitative estimate of drug-likeness (QED) is 0.459. The number of benzene rings is 3. The largest absolute Gasteiger partial charge is 0.491 e. The van der Waals surface area contributed by atoms with Crippen LogP contribution in [0.2, 0.25) is 0 Å². The summed E-state index contributed by atoms with van der Waals surface area (Å²) in [6, 6.07) is 19.2. The van der Waals surface area contributed by atoms with Crippen LogP contribution in [0.1, 0.15) is 37.3 Å². The van der Waals surface area contributed by atoms with Gasteiger partial charge in [-0.3, -0.25) is 0 Å². The van der Waals surface area contributed by atoms with Crippen LogP contribution in [-0.4, -0.2) is 49.8 Å². The molecule has 1 saturated heterocycles. The van der Waals surface area contributed by atoms with Crippen LogP contribution in [0.25, 0.3) is 0 Å². The van der Waals surface area contributed by atoms with Crippen molar-refractivity contribution in [3.05, 3.63) is 77.9 Å². The first-order valence-corrected chi connectivity index (χ1v) is 13.7. The number of carbonyl (C=O) groups is 1. The van der Waals surface area contributed by atoms with Gasteiger partial charge >= 0.3 is 6.09 Å². The molecular formula is C28H29NO7S. The lowest BCUT2D eigenvalue weighted by Crippen LogP contribution is -2.45. The molecule has 1 N–H and O–H groups in total. The molecule has 5 rings (SSSR count). The van der Waals surface area contributed by atoms with Gasteiger partial charge in [-0.2, -0.15) is 0 Å². The Labute approximate surface area is 216 Å². The second kappa shape index (κ2) is 9.97. The fourth-order valence-corrected chi connectivity index (χ4v) is 6.14. The molecule has 37 heavy (non-hydrogen) atoms. The van der Waals surface area contributed by atoms with E-state index in [1.165, 1.54) is 23.1 Å². The lowest BCUT2D eigenvalue weighted by molar-refractivity contribution is 0.0812. The monoisotopic (exact) mass is 523 g/mol. The van der Waals surface area contributed by atoms with Crippen molar-refractivity contribution in [3.8, 4) is 17.2 Å². The van der Waals surface area contributed by atoms with Crippen molar-refractivity contribution in [1.29, 1.82) is 0 Å². The zero-order chi connectivity index (χ0) is 26.2. The smallest absolute Gasteiger partial charge is 0.407 e. The Bertz CT molecular complexity index is 1410. The van der Waals surface area contributed by atoms with Crippen LogP contribution in [0.4, 0.5) is 4.79 Å². The lowest BCUT2D eigenvalue weighted by atomic mass is 9.89. The minimum Gasteiger partial charge on any atom is -0.491 e. The predicted octanol–water partition coefficient (Wildman–Crippen LogP) is 5.11. The number of fused-ring (bicyclic) bond motifs is 3. The third-order valence-electron chi connectivity index (χ3n) is 6.59. The van der Waals surface area contributed by atoms with Crippen molar-refractivity contribution in [1.82, 2.24) is 4.90 Å². The van der Waals surface area contributed by atoms with Gasteiger partial charge in [-0.1, -0.05) is 36.4 Å². The summed E-state index contributed by atoms with van der Waals surface area (Å²) in [6.07, 6.45) is -0.817. The number of likely N-dealkylation sites (tertiary alicyclic amines) is 1. The van der Waals surface area contributed by atoms with E-state index >= 15 is 0 Å². The topological polar surface area (TPSA) is 102 Å². The molecule has 1 fully saturated rings. The Morgan fingerprint density at radius 1 is 1.05 bits per heavy atom. The van der Waals surface area contributed by atoms with Crippen molar-refractivity contribution in [2.75, 3.05) is 13.1 Å². The Morgan fingerprint density at radius 3 is 2.54 bits per heavy atom. The van der Waals surface area contributed by atoms with Crippen LogP contribution in [0, 0.1) is 0 Å². The van der Waals surface area contributed by atoms with Gasteiger partial charge in [0, 0.05) is 24.1 Å². The molecule has 0 saturated carbocycles. The van der Waals surface area contributed by atoms with Crippen LogP contribution in [0.3, 0.4) is 0 Å². The van der Waals surface area contributed by atoms with E-state index in [9.17, 15) is 18.3 Å². The molecule has 2 aliphatic heterocycles. The van der Waals surface area contributed by atoms with E-state index in [1.807, 2.05) is 44.2 Å². The molecule has 0 bridgehead atoms. The number of sulfone groups is 1. The van der Waals surface area contributed by atoms with Crippen molar-refractivity contribution < 1.29 is 32.5 Å². The fraction of sp³-hybridized carbons (Fsp3) is 0.321. The van der Waals surface area contributed by atoms with Gasteiger partial charge in [0.15, 0.2) is 0 Å². The molecule has 9 heteroatoms. The number of hydrogen-bond acceptors (Lipinski definition) is 6. The van der Waals surface area contributed by atoms with Crippen molar-refractivity contribution in [3.63, 3.8) is 0 Å². The molecule has 2 heterocycles.